The molecule has 9 heteroatoms. The average molecular weight is 441 g/mol. The molecule has 2 saturated heterocycles. The van der Waals surface area contributed by atoms with Gasteiger partial charge in [0.05, 0.1) is 31.6 Å². The van der Waals surface area contributed by atoms with E-state index in [9.17, 15) is 19.2 Å². The molecule has 0 unspecified atom stereocenters. The van der Waals surface area contributed by atoms with Crippen molar-refractivity contribution in [3.05, 3.63) is 36.4 Å². The van der Waals surface area contributed by atoms with Crippen LogP contribution in [0.25, 0.3) is 0 Å². The number of likely N-dealkylation sites (N-methyl/N-ethyl adjacent to an activating group) is 1. The molecule has 2 fully saturated rings. The summed E-state index contributed by atoms with van der Waals surface area (Å²) in [6.45, 7) is 2.56. The number of likely N-dealkylation sites (tertiary alicyclic amines) is 1. The topological polar surface area (TPSA) is 99.3 Å². The summed E-state index contributed by atoms with van der Waals surface area (Å²) in [6.07, 6.45) is 4.87. The zero-order chi connectivity index (χ0) is 22.7. The number of carbonyl (C=O) groups excluding carboxylic acids is 4. The van der Waals surface area contributed by atoms with Gasteiger partial charge in [-0.15, -0.1) is 0 Å². The number of nitrogens with zero attached hydrogens (tertiary/aromatic N) is 3. The van der Waals surface area contributed by atoms with E-state index < -0.39 is 5.91 Å². The molecule has 1 aliphatic carbocycles. The number of benzene rings is 1. The molecule has 2 atom stereocenters. The van der Waals surface area contributed by atoms with Gasteiger partial charge in [0.2, 0.25) is 23.6 Å². The van der Waals surface area contributed by atoms with Gasteiger partial charge in [0, 0.05) is 31.5 Å². The number of amides is 4. The highest BCUT2D eigenvalue weighted by molar-refractivity contribution is 6.07. The van der Waals surface area contributed by atoms with Crippen LogP contribution in [0.3, 0.4) is 0 Å². The van der Waals surface area contributed by atoms with Crippen molar-refractivity contribution >= 4 is 35.0 Å². The van der Waals surface area contributed by atoms with E-state index in [1.165, 1.54) is 11.9 Å². The van der Waals surface area contributed by atoms with Crippen LogP contribution < -0.4 is 10.2 Å². The predicted octanol–water partition coefficient (Wildman–Crippen LogP) is 0.871. The number of ether oxygens (including phenoxy) is 1. The summed E-state index contributed by atoms with van der Waals surface area (Å²) in [4.78, 5) is 54.5. The minimum Gasteiger partial charge on any atom is -0.378 e. The van der Waals surface area contributed by atoms with Gasteiger partial charge >= 0.3 is 0 Å². The average Bonchev–Trinajstić information content (AvgIpc) is 3.05. The number of morpholine rings is 1. The predicted molar refractivity (Wildman–Crippen MR) is 118 cm³/mol. The number of fused-ring (bicyclic) bond motifs is 1. The fraction of sp³-hybridized carbons (Fsp3) is 0.478. The number of nitrogens with one attached hydrogen (secondary N) is 1. The highest BCUT2D eigenvalue weighted by atomic mass is 16.5. The second-order valence-electron chi connectivity index (χ2n) is 8.36. The normalized spacial score (nSPS) is 22.7. The number of rotatable bonds is 6. The monoisotopic (exact) mass is 440 g/mol. The zero-order valence-electron chi connectivity index (χ0n) is 18.2. The first-order valence-corrected chi connectivity index (χ1v) is 10.9. The first kappa shape index (κ1) is 22.0. The minimum absolute atomic E-state index is 0.172. The molecule has 1 N–H and O–H groups in total. The molecule has 0 spiro atoms. The molecule has 0 saturated carbocycles. The highest BCUT2D eigenvalue weighted by Gasteiger charge is 2.47. The van der Waals surface area contributed by atoms with E-state index in [0.717, 1.165) is 23.7 Å². The van der Waals surface area contributed by atoms with Crippen molar-refractivity contribution < 1.29 is 23.9 Å². The molecule has 4 rings (SSSR count). The van der Waals surface area contributed by atoms with E-state index in [1.54, 1.807) is 0 Å². The summed E-state index contributed by atoms with van der Waals surface area (Å²) in [5.41, 5.74) is 1.70. The van der Waals surface area contributed by atoms with Crippen molar-refractivity contribution in [2.24, 2.45) is 11.8 Å². The van der Waals surface area contributed by atoms with Gasteiger partial charge in [0.1, 0.15) is 6.54 Å². The molecule has 1 aromatic rings. The molecule has 0 aromatic heterocycles. The van der Waals surface area contributed by atoms with Crippen LogP contribution in [0.15, 0.2) is 36.4 Å². The minimum atomic E-state index is -0.448. The smallest absolute Gasteiger partial charge is 0.243 e. The Morgan fingerprint density at radius 1 is 1.03 bits per heavy atom. The number of hydrogen-bond donors (Lipinski definition) is 1. The van der Waals surface area contributed by atoms with Gasteiger partial charge < -0.3 is 19.9 Å². The van der Waals surface area contributed by atoms with E-state index in [1.807, 2.05) is 36.4 Å². The van der Waals surface area contributed by atoms with Gasteiger partial charge in [-0.05, 0) is 37.1 Å². The van der Waals surface area contributed by atoms with E-state index >= 15 is 0 Å². The fourth-order valence-corrected chi connectivity index (χ4v) is 4.36. The lowest BCUT2D eigenvalue weighted by Crippen LogP contribution is -2.44. The maximum Gasteiger partial charge on any atom is 0.243 e. The molecule has 3 aliphatic rings. The fourth-order valence-electron chi connectivity index (χ4n) is 4.36. The second kappa shape index (κ2) is 9.52. The Labute approximate surface area is 187 Å². The van der Waals surface area contributed by atoms with Crippen LogP contribution in [0.1, 0.15) is 12.8 Å². The number of carbonyl (C=O) groups is 4. The summed E-state index contributed by atoms with van der Waals surface area (Å²) in [5.74, 6) is -2.12. The van der Waals surface area contributed by atoms with E-state index in [0.29, 0.717) is 31.7 Å². The number of allylic oxidation sites excluding steroid dienone is 2. The summed E-state index contributed by atoms with van der Waals surface area (Å²) in [5, 5.41) is 2.78. The highest BCUT2D eigenvalue weighted by Crippen LogP contribution is 2.34. The van der Waals surface area contributed by atoms with Gasteiger partial charge in [-0.1, -0.05) is 12.2 Å². The summed E-state index contributed by atoms with van der Waals surface area (Å²) in [6, 6.07) is 7.52. The molecular weight excluding hydrogens is 412 g/mol. The summed E-state index contributed by atoms with van der Waals surface area (Å²) in [7, 11) is 1.49. The first-order chi connectivity index (χ1) is 15.4. The third-order valence-electron chi connectivity index (χ3n) is 6.23. The lowest BCUT2D eigenvalue weighted by molar-refractivity contribution is -0.146. The molecule has 2 aliphatic heterocycles. The lowest BCUT2D eigenvalue weighted by atomic mass is 9.85. The Kier molecular flexibility index (Phi) is 6.55. The van der Waals surface area contributed by atoms with E-state index in [2.05, 4.69) is 10.2 Å². The molecule has 9 nitrogen and oxygen atoms in total. The summed E-state index contributed by atoms with van der Waals surface area (Å²) >= 11 is 0. The largest absolute Gasteiger partial charge is 0.378 e. The maximum atomic E-state index is 12.6. The molecule has 2 heterocycles. The standard InChI is InChI=1S/C23H28N4O5/c1-25(21(29)15-27-22(30)18-4-2-3-5-19(18)23(27)31)14-20(28)24-16-6-8-17(9-7-16)26-10-12-32-13-11-26/h2-3,6-9,18-19H,4-5,10-15H2,1H3,(H,24,28)/t18-,19-/m1/s1. The Morgan fingerprint density at radius 2 is 1.62 bits per heavy atom. The van der Waals surface area contributed by atoms with Crippen molar-refractivity contribution in [1.82, 2.24) is 9.80 Å². The molecule has 32 heavy (non-hydrogen) atoms. The molecule has 0 radical (unpaired) electrons. The van der Waals surface area contributed by atoms with Crippen LogP contribution in [0, 0.1) is 11.8 Å². The maximum absolute atomic E-state index is 12.6. The quantitative estimate of drug-likeness (QED) is 0.521. The number of imide groups is 1. The molecule has 0 bridgehead atoms. The molecule has 1 aromatic carbocycles. The van der Waals surface area contributed by atoms with Crippen molar-refractivity contribution in [3.8, 4) is 0 Å². The lowest BCUT2D eigenvalue weighted by Gasteiger charge is -2.29. The van der Waals surface area contributed by atoms with Gasteiger partial charge in [-0.2, -0.15) is 0 Å². The zero-order valence-corrected chi connectivity index (χ0v) is 18.2. The third-order valence-corrected chi connectivity index (χ3v) is 6.23. The second-order valence-corrected chi connectivity index (χ2v) is 8.36. The Morgan fingerprint density at radius 3 is 2.22 bits per heavy atom. The van der Waals surface area contributed by atoms with Crippen molar-refractivity contribution in [1.29, 1.82) is 0 Å². The first-order valence-electron chi connectivity index (χ1n) is 10.9. The van der Waals surface area contributed by atoms with Crippen LogP contribution in [0.5, 0.6) is 0 Å². The molecule has 170 valence electrons. The SMILES string of the molecule is CN(CC(=O)Nc1ccc(N2CCOCC2)cc1)C(=O)CN1C(=O)[C@@H]2CC=CC[C@H]2C1=O. The van der Waals surface area contributed by atoms with Crippen LogP contribution in [-0.4, -0.2) is 79.9 Å². The Hall–Kier alpha value is -3.20. The van der Waals surface area contributed by atoms with Crippen molar-refractivity contribution in [2.75, 3.05) is 56.7 Å². The molecular formula is C23H28N4O5. The summed E-state index contributed by atoms with van der Waals surface area (Å²) < 4.78 is 5.36. The van der Waals surface area contributed by atoms with Gasteiger partial charge in [-0.25, -0.2) is 0 Å². The van der Waals surface area contributed by atoms with E-state index in [4.69, 9.17) is 4.74 Å². The van der Waals surface area contributed by atoms with Crippen LogP contribution in [-0.2, 0) is 23.9 Å². The van der Waals surface area contributed by atoms with Gasteiger partial charge in [0.25, 0.3) is 0 Å². The van der Waals surface area contributed by atoms with Crippen molar-refractivity contribution in [2.45, 2.75) is 12.8 Å². The third kappa shape index (κ3) is 4.67. The Bertz CT molecular complexity index is 897. The Balaban J connectivity index is 1.27. The van der Waals surface area contributed by atoms with E-state index in [-0.39, 0.29) is 42.6 Å². The van der Waals surface area contributed by atoms with Gasteiger partial charge in [0.15, 0.2) is 0 Å². The number of anilines is 2. The van der Waals surface area contributed by atoms with Gasteiger partial charge in [-0.3, -0.25) is 24.1 Å². The van der Waals surface area contributed by atoms with Crippen LogP contribution >= 0.6 is 0 Å². The van der Waals surface area contributed by atoms with Crippen molar-refractivity contribution in [3.63, 3.8) is 0 Å². The van der Waals surface area contributed by atoms with Crippen LogP contribution in [0.2, 0.25) is 0 Å². The molecule has 4 amide bonds. The number of hydrogen-bond acceptors (Lipinski definition) is 6. The van der Waals surface area contributed by atoms with Crippen LogP contribution in [0.4, 0.5) is 11.4 Å².